The van der Waals surface area contributed by atoms with Crippen molar-refractivity contribution in [2.24, 2.45) is 0 Å². The van der Waals surface area contributed by atoms with Crippen LogP contribution in [0.25, 0.3) is 10.2 Å². The molecule has 0 bridgehead atoms. The second-order valence-electron chi connectivity index (χ2n) is 3.70. The van der Waals surface area contributed by atoms with Crippen LogP contribution in [0.5, 0.6) is 0 Å². The highest BCUT2D eigenvalue weighted by molar-refractivity contribution is 7.18. The van der Waals surface area contributed by atoms with Crippen LogP contribution in [0.15, 0.2) is 18.2 Å². The molecule has 0 aromatic carbocycles. The Balaban J connectivity index is 2.25. The first-order chi connectivity index (χ1) is 8.20. The highest BCUT2D eigenvalue weighted by Gasteiger charge is 2.08. The minimum atomic E-state index is 0.299. The molecule has 2 heterocycles. The quantitative estimate of drug-likeness (QED) is 0.516. The zero-order valence-corrected chi connectivity index (χ0v) is 11.4. The Bertz CT molecular complexity index is 548. The SMILES string of the molecule is C/C=C/CCNc1nc(Cl)nc2sc(C)cc12. The number of hydrogen-bond donors (Lipinski definition) is 1. The lowest BCUT2D eigenvalue weighted by molar-refractivity contribution is 1.04. The fourth-order valence-electron chi connectivity index (χ4n) is 1.59. The summed E-state index contributed by atoms with van der Waals surface area (Å²) in [5.41, 5.74) is 0. The van der Waals surface area contributed by atoms with Gasteiger partial charge in [0.1, 0.15) is 10.6 Å². The minimum absolute atomic E-state index is 0.299. The number of hydrogen-bond acceptors (Lipinski definition) is 4. The first kappa shape index (κ1) is 12.3. The molecule has 0 radical (unpaired) electrons. The van der Waals surface area contributed by atoms with Gasteiger partial charge >= 0.3 is 0 Å². The van der Waals surface area contributed by atoms with Gasteiger partial charge in [0.05, 0.1) is 5.39 Å². The number of aromatic nitrogens is 2. The largest absolute Gasteiger partial charge is 0.369 e. The van der Waals surface area contributed by atoms with E-state index in [1.807, 2.05) is 13.0 Å². The Morgan fingerprint density at radius 3 is 3.06 bits per heavy atom. The maximum Gasteiger partial charge on any atom is 0.225 e. The number of thiophene rings is 1. The van der Waals surface area contributed by atoms with Crippen molar-refractivity contribution in [3.8, 4) is 0 Å². The Kier molecular flexibility index (Phi) is 3.97. The van der Waals surface area contributed by atoms with Crippen LogP contribution < -0.4 is 5.32 Å². The van der Waals surface area contributed by atoms with Gasteiger partial charge in [0.25, 0.3) is 0 Å². The van der Waals surface area contributed by atoms with Gasteiger partial charge in [-0.2, -0.15) is 0 Å². The van der Waals surface area contributed by atoms with E-state index in [9.17, 15) is 0 Å². The predicted octanol–water partition coefficient (Wildman–Crippen LogP) is 4.03. The average molecular weight is 268 g/mol. The number of rotatable bonds is 4. The van der Waals surface area contributed by atoms with Gasteiger partial charge in [-0.15, -0.1) is 11.3 Å². The van der Waals surface area contributed by atoms with E-state index in [-0.39, 0.29) is 0 Å². The molecule has 2 aromatic rings. The molecule has 0 fully saturated rings. The molecule has 1 N–H and O–H groups in total. The highest BCUT2D eigenvalue weighted by Crippen LogP contribution is 2.29. The zero-order valence-electron chi connectivity index (χ0n) is 9.83. The molecule has 5 heteroatoms. The lowest BCUT2D eigenvalue weighted by Crippen LogP contribution is -2.03. The van der Waals surface area contributed by atoms with Gasteiger partial charge in [-0.1, -0.05) is 12.2 Å². The molecule has 90 valence electrons. The summed E-state index contributed by atoms with van der Waals surface area (Å²) in [7, 11) is 0. The smallest absolute Gasteiger partial charge is 0.225 e. The van der Waals surface area contributed by atoms with Crippen molar-refractivity contribution >= 4 is 39.0 Å². The maximum absolute atomic E-state index is 5.90. The van der Waals surface area contributed by atoms with E-state index in [1.165, 1.54) is 4.88 Å². The van der Waals surface area contributed by atoms with Gasteiger partial charge in [-0.3, -0.25) is 0 Å². The normalized spacial score (nSPS) is 11.5. The van der Waals surface area contributed by atoms with Crippen molar-refractivity contribution in [2.45, 2.75) is 20.3 Å². The van der Waals surface area contributed by atoms with Crippen molar-refractivity contribution in [2.75, 3.05) is 11.9 Å². The maximum atomic E-state index is 5.90. The van der Waals surface area contributed by atoms with Gasteiger partial charge in [0.2, 0.25) is 5.28 Å². The van der Waals surface area contributed by atoms with Gasteiger partial charge in [0.15, 0.2) is 0 Å². The van der Waals surface area contributed by atoms with Crippen molar-refractivity contribution in [1.29, 1.82) is 0 Å². The van der Waals surface area contributed by atoms with Gasteiger partial charge < -0.3 is 5.32 Å². The molecule has 0 unspecified atom stereocenters. The molecule has 0 aliphatic rings. The fourth-order valence-corrected chi connectivity index (χ4v) is 2.69. The molecule has 2 rings (SSSR count). The van der Waals surface area contributed by atoms with Crippen LogP contribution in [0.2, 0.25) is 5.28 Å². The number of nitrogens with zero attached hydrogens (tertiary/aromatic N) is 2. The van der Waals surface area contributed by atoms with Gasteiger partial charge in [-0.05, 0) is 37.9 Å². The zero-order chi connectivity index (χ0) is 12.3. The van der Waals surface area contributed by atoms with Crippen molar-refractivity contribution in [1.82, 2.24) is 9.97 Å². The van der Waals surface area contributed by atoms with Crippen molar-refractivity contribution in [3.63, 3.8) is 0 Å². The summed E-state index contributed by atoms with van der Waals surface area (Å²) in [5, 5.41) is 4.65. The van der Waals surface area contributed by atoms with Crippen LogP contribution in [-0.4, -0.2) is 16.5 Å². The lowest BCUT2D eigenvalue weighted by Gasteiger charge is -2.05. The monoisotopic (exact) mass is 267 g/mol. The number of aryl methyl sites for hydroxylation is 1. The summed E-state index contributed by atoms with van der Waals surface area (Å²) in [4.78, 5) is 10.6. The van der Waals surface area contributed by atoms with E-state index in [0.29, 0.717) is 5.28 Å². The number of fused-ring (bicyclic) bond motifs is 1. The molecule has 0 aliphatic heterocycles. The van der Waals surface area contributed by atoms with E-state index >= 15 is 0 Å². The Morgan fingerprint density at radius 2 is 2.29 bits per heavy atom. The van der Waals surface area contributed by atoms with E-state index in [2.05, 4.69) is 34.4 Å². The molecular formula is C12H14ClN3S. The first-order valence-corrected chi connectivity index (χ1v) is 6.69. The third kappa shape index (κ3) is 2.96. The van der Waals surface area contributed by atoms with E-state index in [1.54, 1.807) is 11.3 Å². The standard InChI is InChI=1S/C12H14ClN3S/c1-3-4-5-6-14-10-9-7-8(2)17-11(9)16-12(13)15-10/h3-4,7H,5-6H2,1-2H3,(H,14,15,16)/b4-3+. The second-order valence-corrected chi connectivity index (χ2v) is 5.27. The number of halogens is 1. The molecule has 17 heavy (non-hydrogen) atoms. The van der Waals surface area contributed by atoms with Gasteiger partial charge in [0, 0.05) is 11.4 Å². The van der Waals surface area contributed by atoms with Crippen LogP contribution in [0.4, 0.5) is 5.82 Å². The molecule has 3 nitrogen and oxygen atoms in total. The molecule has 0 spiro atoms. The third-order valence-electron chi connectivity index (χ3n) is 2.33. The van der Waals surface area contributed by atoms with Crippen molar-refractivity contribution in [3.05, 3.63) is 28.4 Å². The molecule has 0 aliphatic carbocycles. The third-order valence-corrected chi connectivity index (χ3v) is 3.44. The number of nitrogens with one attached hydrogen (secondary N) is 1. The van der Waals surface area contributed by atoms with E-state index in [0.717, 1.165) is 29.0 Å². The minimum Gasteiger partial charge on any atom is -0.369 e. The first-order valence-electron chi connectivity index (χ1n) is 5.49. The molecular weight excluding hydrogens is 254 g/mol. The summed E-state index contributed by atoms with van der Waals surface area (Å²) in [6.45, 7) is 4.92. The molecule has 0 saturated heterocycles. The summed E-state index contributed by atoms with van der Waals surface area (Å²) in [6, 6.07) is 2.09. The van der Waals surface area contributed by atoms with E-state index < -0.39 is 0 Å². The summed E-state index contributed by atoms with van der Waals surface area (Å²) in [6.07, 6.45) is 5.13. The molecule has 0 atom stereocenters. The van der Waals surface area contributed by atoms with E-state index in [4.69, 9.17) is 11.6 Å². The van der Waals surface area contributed by atoms with Crippen molar-refractivity contribution < 1.29 is 0 Å². The lowest BCUT2D eigenvalue weighted by atomic mass is 10.3. The van der Waals surface area contributed by atoms with Crippen LogP contribution in [0.1, 0.15) is 18.2 Å². The Hall–Kier alpha value is -1.13. The number of allylic oxidation sites excluding steroid dienone is 1. The summed E-state index contributed by atoms with van der Waals surface area (Å²) in [5.74, 6) is 0.828. The average Bonchev–Trinajstić information content (AvgIpc) is 2.64. The second kappa shape index (κ2) is 5.47. The van der Waals surface area contributed by atoms with Crippen LogP contribution in [0, 0.1) is 6.92 Å². The van der Waals surface area contributed by atoms with Crippen LogP contribution in [0.3, 0.4) is 0 Å². The summed E-state index contributed by atoms with van der Waals surface area (Å²) >= 11 is 7.54. The van der Waals surface area contributed by atoms with Crippen LogP contribution >= 0.6 is 22.9 Å². The Morgan fingerprint density at radius 1 is 1.47 bits per heavy atom. The predicted molar refractivity (Wildman–Crippen MR) is 75.1 cm³/mol. The molecule has 2 aromatic heterocycles. The molecule has 0 saturated carbocycles. The highest BCUT2D eigenvalue weighted by atomic mass is 35.5. The summed E-state index contributed by atoms with van der Waals surface area (Å²) < 4.78 is 0. The van der Waals surface area contributed by atoms with Crippen LogP contribution in [-0.2, 0) is 0 Å². The van der Waals surface area contributed by atoms with Gasteiger partial charge in [-0.25, -0.2) is 9.97 Å². The topological polar surface area (TPSA) is 37.8 Å². The number of anilines is 1. The molecule has 0 amide bonds. The fraction of sp³-hybridized carbons (Fsp3) is 0.333. The Labute approximate surface area is 110 Å².